The van der Waals surface area contributed by atoms with Gasteiger partial charge in [-0.05, 0) is 35.7 Å². The van der Waals surface area contributed by atoms with Gasteiger partial charge in [-0.3, -0.25) is 4.79 Å². The number of aromatic nitrogens is 1. The first kappa shape index (κ1) is 14.8. The Balaban J connectivity index is 1.75. The number of carbonyl (C=O) groups is 1. The highest BCUT2D eigenvalue weighted by Gasteiger charge is 2.21. The summed E-state index contributed by atoms with van der Waals surface area (Å²) < 4.78 is 6.25. The molecule has 5 nitrogen and oxygen atoms in total. The van der Waals surface area contributed by atoms with Gasteiger partial charge in [0.2, 0.25) is 5.13 Å². The van der Waals surface area contributed by atoms with Crippen LogP contribution in [0.15, 0.2) is 69.7 Å². The van der Waals surface area contributed by atoms with Gasteiger partial charge in [0.1, 0.15) is 5.76 Å². The van der Waals surface area contributed by atoms with Gasteiger partial charge in [0.15, 0.2) is 0 Å². The van der Waals surface area contributed by atoms with Crippen LogP contribution in [0.5, 0.6) is 0 Å². The van der Waals surface area contributed by atoms with Crippen LogP contribution in [0.3, 0.4) is 0 Å². The number of thiophene rings is 1. The molecule has 0 unspecified atom stereocenters. The van der Waals surface area contributed by atoms with Crippen LogP contribution in [0, 0.1) is 0 Å². The van der Waals surface area contributed by atoms with E-state index in [-0.39, 0.29) is 5.91 Å². The van der Waals surface area contributed by atoms with Crippen LogP contribution in [-0.2, 0) is 0 Å². The summed E-state index contributed by atoms with van der Waals surface area (Å²) in [4.78, 5) is 17.9. The number of hydrogen-bond donors (Lipinski definition) is 0. The summed E-state index contributed by atoms with van der Waals surface area (Å²) in [5.41, 5.74) is 0.842. The summed E-state index contributed by atoms with van der Waals surface area (Å²) in [6.45, 7) is 0. The van der Waals surface area contributed by atoms with Gasteiger partial charge < -0.3 is 4.42 Å². The van der Waals surface area contributed by atoms with Crippen molar-refractivity contribution in [2.24, 2.45) is 5.10 Å². The van der Waals surface area contributed by atoms with E-state index in [0.29, 0.717) is 15.8 Å². The molecule has 0 atom stereocenters. The molecule has 4 aromatic rings. The average molecular weight is 353 g/mol. The van der Waals surface area contributed by atoms with Gasteiger partial charge in [-0.1, -0.05) is 29.5 Å². The summed E-state index contributed by atoms with van der Waals surface area (Å²) in [5, 5.41) is 8.01. The molecule has 0 N–H and O–H groups in total. The van der Waals surface area contributed by atoms with Crippen LogP contribution in [-0.4, -0.2) is 17.1 Å². The molecule has 1 aromatic carbocycles. The number of fused-ring (bicyclic) bond motifs is 1. The van der Waals surface area contributed by atoms with Crippen molar-refractivity contribution >= 4 is 50.1 Å². The molecule has 0 aliphatic heterocycles. The molecule has 0 bridgehead atoms. The lowest BCUT2D eigenvalue weighted by molar-refractivity contribution is 0.0991. The van der Waals surface area contributed by atoms with E-state index in [1.807, 2.05) is 35.7 Å². The van der Waals surface area contributed by atoms with Crippen molar-refractivity contribution in [3.8, 4) is 0 Å². The predicted molar refractivity (Wildman–Crippen MR) is 97.1 cm³/mol. The van der Waals surface area contributed by atoms with E-state index in [4.69, 9.17) is 4.42 Å². The van der Waals surface area contributed by atoms with Crippen molar-refractivity contribution in [2.75, 3.05) is 5.01 Å². The maximum absolute atomic E-state index is 12.8. The lowest BCUT2D eigenvalue weighted by Gasteiger charge is -2.12. The number of furan rings is 1. The van der Waals surface area contributed by atoms with E-state index in [2.05, 4.69) is 10.1 Å². The minimum Gasteiger partial charge on any atom is -0.463 e. The molecule has 7 heteroatoms. The Bertz CT molecular complexity index is 955. The normalized spacial score (nSPS) is 11.3. The zero-order valence-electron chi connectivity index (χ0n) is 12.3. The van der Waals surface area contributed by atoms with Gasteiger partial charge in [-0.2, -0.15) is 10.1 Å². The molecule has 0 fully saturated rings. The first-order chi connectivity index (χ1) is 11.8. The Morgan fingerprint density at radius 2 is 2.08 bits per heavy atom. The highest BCUT2D eigenvalue weighted by molar-refractivity contribution is 7.22. The third kappa shape index (κ3) is 2.86. The number of nitrogens with zero attached hydrogens (tertiary/aromatic N) is 3. The summed E-state index contributed by atoms with van der Waals surface area (Å²) >= 11 is 2.79. The second-order valence-corrected chi connectivity index (χ2v) is 6.78. The van der Waals surface area contributed by atoms with Crippen molar-refractivity contribution < 1.29 is 9.21 Å². The van der Waals surface area contributed by atoms with Crippen LogP contribution < -0.4 is 5.01 Å². The van der Waals surface area contributed by atoms with Crippen molar-refractivity contribution in [3.05, 3.63) is 70.8 Å². The molecule has 0 spiro atoms. The third-order valence-electron chi connectivity index (χ3n) is 3.23. The number of benzene rings is 1. The molecular formula is C17H11N3O2S2. The van der Waals surface area contributed by atoms with Gasteiger partial charge in [0.25, 0.3) is 5.91 Å². The number of hydrogen-bond acceptors (Lipinski definition) is 6. The molecule has 118 valence electrons. The Hall–Kier alpha value is -2.77. The van der Waals surface area contributed by atoms with Crippen molar-refractivity contribution in [1.82, 2.24) is 4.98 Å². The summed E-state index contributed by atoms with van der Waals surface area (Å²) in [7, 11) is 0. The maximum Gasteiger partial charge on any atom is 0.290 e. The first-order valence-corrected chi connectivity index (χ1v) is 8.82. The monoisotopic (exact) mass is 353 g/mol. The molecular weight excluding hydrogens is 342 g/mol. The highest BCUT2D eigenvalue weighted by Crippen LogP contribution is 2.30. The van der Waals surface area contributed by atoms with Crippen molar-refractivity contribution in [3.63, 3.8) is 0 Å². The average Bonchev–Trinajstić information content (AvgIpc) is 3.35. The Labute approximate surface area is 145 Å². The largest absolute Gasteiger partial charge is 0.463 e. The zero-order chi connectivity index (χ0) is 16.4. The molecule has 0 aliphatic rings. The number of anilines is 1. The number of carbonyl (C=O) groups excluding carboxylic acids is 1. The standard InChI is InChI=1S/C17H11N3O2S2/c21-16(15-8-4-10-23-15)20(18-11-12-5-3-9-22-12)17-19-13-6-1-2-7-14(13)24-17/h1-11H/b18-11-. The van der Waals surface area contributed by atoms with E-state index >= 15 is 0 Å². The smallest absolute Gasteiger partial charge is 0.290 e. The van der Waals surface area contributed by atoms with Gasteiger partial charge >= 0.3 is 0 Å². The molecule has 1 amide bonds. The minimum absolute atomic E-state index is 0.216. The number of hydrazone groups is 1. The Morgan fingerprint density at radius 1 is 1.17 bits per heavy atom. The van der Waals surface area contributed by atoms with E-state index in [0.717, 1.165) is 10.2 Å². The third-order valence-corrected chi connectivity index (χ3v) is 5.10. The Morgan fingerprint density at radius 3 is 2.83 bits per heavy atom. The summed E-state index contributed by atoms with van der Waals surface area (Å²) in [5.74, 6) is 0.354. The second-order valence-electron chi connectivity index (χ2n) is 4.82. The van der Waals surface area contributed by atoms with Gasteiger partial charge in [0.05, 0.1) is 27.6 Å². The van der Waals surface area contributed by atoms with E-state index < -0.39 is 0 Å². The molecule has 3 aromatic heterocycles. The number of para-hydroxylation sites is 1. The van der Waals surface area contributed by atoms with Gasteiger partial charge in [-0.25, -0.2) is 4.98 Å². The summed E-state index contributed by atoms with van der Waals surface area (Å²) in [6, 6.07) is 14.9. The van der Waals surface area contributed by atoms with Crippen LogP contribution in [0.25, 0.3) is 10.2 Å². The van der Waals surface area contributed by atoms with E-state index in [1.165, 1.54) is 33.9 Å². The molecule has 3 heterocycles. The number of rotatable bonds is 4. The van der Waals surface area contributed by atoms with Crippen LogP contribution >= 0.6 is 22.7 Å². The van der Waals surface area contributed by atoms with Crippen molar-refractivity contribution in [1.29, 1.82) is 0 Å². The topological polar surface area (TPSA) is 58.7 Å². The zero-order valence-corrected chi connectivity index (χ0v) is 14.0. The molecule has 24 heavy (non-hydrogen) atoms. The molecule has 0 saturated heterocycles. The molecule has 0 aliphatic carbocycles. The fraction of sp³-hybridized carbons (Fsp3) is 0. The predicted octanol–water partition coefficient (Wildman–Crippen LogP) is 4.63. The number of amides is 1. The fourth-order valence-electron chi connectivity index (χ4n) is 2.12. The second kappa shape index (κ2) is 6.38. The van der Waals surface area contributed by atoms with Gasteiger partial charge in [0, 0.05) is 0 Å². The maximum atomic E-state index is 12.8. The number of thiazole rings is 1. The van der Waals surface area contributed by atoms with E-state index in [1.54, 1.807) is 24.5 Å². The molecule has 4 rings (SSSR count). The first-order valence-electron chi connectivity index (χ1n) is 7.12. The van der Waals surface area contributed by atoms with Crippen LogP contribution in [0.2, 0.25) is 0 Å². The molecule has 0 radical (unpaired) electrons. The highest BCUT2D eigenvalue weighted by atomic mass is 32.1. The lowest BCUT2D eigenvalue weighted by Crippen LogP contribution is -2.24. The lowest BCUT2D eigenvalue weighted by atomic mass is 10.3. The quantitative estimate of drug-likeness (QED) is 0.397. The fourth-order valence-corrected chi connectivity index (χ4v) is 3.69. The minimum atomic E-state index is -0.216. The van der Waals surface area contributed by atoms with Crippen molar-refractivity contribution in [2.45, 2.75) is 0 Å². The van der Waals surface area contributed by atoms with E-state index in [9.17, 15) is 4.79 Å². The van der Waals surface area contributed by atoms with Crippen LogP contribution in [0.4, 0.5) is 5.13 Å². The molecule has 0 saturated carbocycles. The summed E-state index contributed by atoms with van der Waals surface area (Å²) in [6.07, 6.45) is 3.07. The Kier molecular flexibility index (Phi) is 3.94. The SMILES string of the molecule is O=C(c1cccs1)N(/N=C\c1ccco1)c1nc2ccccc2s1. The van der Waals surface area contributed by atoms with Crippen LogP contribution in [0.1, 0.15) is 15.4 Å². The van der Waals surface area contributed by atoms with Gasteiger partial charge in [-0.15, -0.1) is 11.3 Å².